The van der Waals surface area contributed by atoms with Crippen molar-refractivity contribution >= 4 is 44.8 Å². The first-order chi connectivity index (χ1) is 10.6. The summed E-state index contributed by atoms with van der Waals surface area (Å²) in [4.78, 5) is 12.9. The molecule has 0 N–H and O–H groups in total. The molecule has 3 rings (SSSR count). The van der Waals surface area contributed by atoms with E-state index >= 15 is 0 Å². The zero-order valence-electron chi connectivity index (χ0n) is 11.6. The number of rotatable bonds is 5. The molecule has 0 bridgehead atoms. The van der Waals surface area contributed by atoms with Crippen LogP contribution in [0.15, 0.2) is 45.3 Å². The number of aryl methyl sites for hydroxylation is 1. The van der Waals surface area contributed by atoms with E-state index in [1.165, 1.54) is 23.1 Å². The summed E-state index contributed by atoms with van der Waals surface area (Å²) >= 11 is 6.13. The highest BCUT2D eigenvalue weighted by Crippen LogP contribution is 2.25. The lowest BCUT2D eigenvalue weighted by molar-refractivity contribution is 0.102. The molecule has 0 atom stereocenters. The number of aromatic nitrogens is 4. The maximum absolute atomic E-state index is 12.2. The predicted molar refractivity (Wildman–Crippen MR) is 91.0 cm³/mol. The van der Waals surface area contributed by atoms with Gasteiger partial charge in [0.05, 0.1) is 20.1 Å². The summed E-state index contributed by atoms with van der Waals surface area (Å²) in [5.74, 6) is 0.374. The van der Waals surface area contributed by atoms with Crippen LogP contribution in [-0.4, -0.2) is 31.7 Å². The second-order valence-corrected chi connectivity index (χ2v) is 7.88. The van der Waals surface area contributed by atoms with Gasteiger partial charge >= 0.3 is 0 Å². The summed E-state index contributed by atoms with van der Waals surface area (Å²) in [7, 11) is 0. The fourth-order valence-corrected chi connectivity index (χ4v) is 4.07. The van der Waals surface area contributed by atoms with Gasteiger partial charge in [-0.3, -0.25) is 4.79 Å². The Kier molecular flexibility index (Phi) is 4.70. The lowest BCUT2D eigenvalue weighted by Gasteiger charge is -2.06. The normalized spacial score (nSPS) is 10.8. The van der Waals surface area contributed by atoms with Crippen LogP contribution in [-0.2, 0) is 0 Å². The molecular formula is C14H11BrN4OS2. The van der Waals surface area contributed by atoms with Crippen LogP contribution in [0.3, 0.4) is 0 Å². The number of tetrazole rings is 1. The Morgan fingerprint density at radius 3 is 2.86 bits per heavy atom. The van der Waals surface area contributed by atoms with E-state index in [2.05, 4.69) is 31.5 Å². The molecule has 0 unspecified atom stereocenters. The highest BCUT2D eigenvalue weighted by atomic mass is 79.9. The topological polar surface area (TPSA) is 60.7 Å². The third kappa shape index (κ3) is 3.29. The Labute approximate surface area is 143 Å². The average Bonchev–Trinajstić information content (AvgIpc) is 3.14. The fourth-order valence-electron chi connectivity index (χ4n) is 1.89. The van der Waals surface area contributed by atoms with Crippen LogP contribution in [0.5, 0.6) is 0 Å². The SMILES string of the molecule is Cc1ccccc1-n1nnnc1SCC(=O)c1ccc(Br)s1. The van der Waals surface area contributed by atoms with E-state index in [0.717, 1.165) is 19.9 Å². The van der Waals surface area contributed by atoms with E-state index in [1.54, 1.807) is 4.68 Å². The minimum absolute atomic E-state index is 0.0695. The first-order valence-electron chi connectivity index (χ1n) is 6.41. The standard InChI is InChI=1S/C14H11BrN4OS2/c1-9-4-2-3-5-10(9)19-14(16-17-18-19)21-8-11(20)12-6-7-13(15)22-12/h2-7H,8H2,1H3. The quantitative estimate of drug-likeness (QED) is 0.486. The smallest absolute Gasteiger partial charge is 0.214 e. The molecule has 0 saturated heterocycles. The van der Waals surface area contributed by atoms with Crippen molar-refractivity contribution in [2.24, 2.45) is 0 Å². The Morgan fingerprint density at radius 2 is 2.14 bits per heavy atom. The number of thioether (sulfide) groups is 1. The number of hydrogen-bond acceptors (Lipinski definition) is 6. The molecule has 1 aromatic carbocycles. The predicted octanol–water partition coefficient (Wildman–Crippen LogP) is 3.77. The number of halogens is 1. The molecule has 112 valence electrons. The molecule has 3 aromatic rings. The summed E-state index contributed by atoms with van der Waals surface area (Å²) in [6.07, 6.45) is 0. The van der Waals surface area contributed by atoms with E-state index in [0.29, 0.717) is 10.9 Å². The van der Waals surface area contributed by atoms with Crippen LogP contribution in [0.2, 0.25) is 0 Å². The van der Waals surface area contributed by atoms with Crippen LogP contribution in [0.1, 0.15) is 15.2 Å². The molecule has 2 aromatic heterocycles. The van der Waals surface area contributed by atoms with Gasteiger partial charge < -0.3 is 0 Å². The van der Waals surface area contributed by atoms with E-state index in [9.17, 15) is 4.79 Å². The first-order valence-corrected chi connectivity index (χ1v) is 9.00. The van der Waals surface area contributed by atoms with Gasteiger partial charge in [0.2, 0.25) is 5.16 Å². The van der Waals surface area contributed by atoms with Crippen LogP contribution in [0, 0.1) is 6.92 Å². The van der Waals surface area contributed by atoms with Crippen molar-refractivity contribution < 1.29 is 4.79 Å². The molecule has 0 amide bonds. The van der Waals surface area contributed by atoms with Crippen molar-refractivity contribution in [1.29, 1.82) is 0 Å². The Bertz CT molecular complexity index is 815. The number of benzene rings is 1. The zero-order chi connectivity index (χ0) is 15.5. The average molecular weight is 395 g/mol. The highest BCUT2D eigenvalue weighted by molar-refractivity contribution is 9.11. The molecule has 0 fully saturated rings. The van der Waals surface area contributed by atoms with Gasteiger partial charge in [0.1, 0.15) is 0 Å². The number of carbonyl (C=O) groups is 1. The molecular weight excluding hydrogens is 384 g/mol. The number of thiophene rings is 1. The number of nitrogens with zero attached hydrogens (tertiary/aromatic N) is 4. The number of carbonyl (C=O) groups excluding carboxylic acids is 1. The minimum atomic E-state index is 0.0695. The maximum Gasteiger partial charge on any atom is 0.214 e. The number of ketones is 1. The minimum Gasteiger partial charge on any atom is -0.292 e. The number of Topliss-reactive ketones (excluding diaryl/α,β-unsaturated/α-hetero) is 1. The molecule has 0 radical (unpaired) electrons. The van der Waals surface area contributed by atoms with Gasteiger partial charge in [-0.05, 0) is 57.0 Å². The van der Waals surface area contributed by atoms with Gasteiger partial charge in [-0.15, -0.1) is 16.4 Å². The van der Waals surface area contributed by atoms with Crippen molar-refractivity contribution in [2.75, 3.05) is 5.75 Å². The molecule has 0 aliphatic carbocycles. The largest absolute Gasteiger partial charge is 0.292 e. The van der Waals surface area contributed by atoms with Crippen molar-refractivity contribution in [3.63, 3.8) is 0 Å². The molecule has 0 aliphatic heterocycles. The molecule has 5 nitrogen and oxygen atoms in total. The van der Waals surface area contributed by atoms with Gasteiger partial charge in [0, 0.05) is 0 Å². The molecule has 22 heavy (non-hydrogen) atoms. The molecule has 8 heteroatoms. The number of para-hydroxylation sites is 1. The zero-order valence-corrected chi connectivity index (χ0v) is 14.8. The van der Waals surface area contributed by atoms with E-state index in [4.69, 9.17) is 0 Å². The molecule has 2 heterocycles. The van der Waals surface area contributed by atoms with E-state index in [-0.39, 0.29) is 5.78 Å². The molecule has 0 aliphatic rings. The first kappa shape index (κ1) is 15.4. The van der Waals surface area contributed by atoms with Gasteiger partial charge in [0.15, 0.2) is 5.78 Å². The van der Waals surface area contributed by atoms with Crippen LogP contribution < -0.4 is 0 Å². The lowest BCUT2D eigenvalue weighted by atomic mass is 10.2. The van der Waals surface area contributed by atoms with Crippen LogP contribution in [0.4, 0.5) is 0 Å². The summed E-state index contributed by atoms with van der Waals surface area (Å²) in [5.41, 5.74) is 1.99. The summed E-state index contributed by atoms with van der Waals surface area (Å²) in [6, 6.07) is 11.6. The van der Waals surface area contributed by atoms with Crippen molar-refractivity contribution in [2.45, 2.75) is 12.1 Å². The third-order valence-electron chi connectivity index (χ3n) is 2.96. The van der Waals surface area contributed by atoms with Gasteiger partial charge in [-0.25, -0.2) is 0 Å². The second kappa shape index (κ2) is 6.72. The van der Waals surface area contributed by atoms with E-state index in [1.807, 2.05) is 43.3 Å². The lowest BCUT2D eigenvalue weighted by Crippen LogP contribution is -2.04. The monoisotopic (exact) mass is 394 g/mol. The Balaban J connectivity index is 1.76. The number of hydrogen-bond donors (Lipinski definition) is 0. The second-order valence-electron chi connectivity index (χ2n) is 4.48. The highest BCUT2D eigenvalue weighted by Gasteiger charge is 2.14. The van der Waals surface area contributed by atoms with Gasteiger partial charge in [-0.2, -0.15) is 4.68 Å². The Hall–Kier alpha value is -1.51. The van der Waals surface area contributed by atoms with Crippen LogP contribution in [0.25, 0.3) is 5.69 Å². The van der Waals surface area contributed by atoms with Crippen molar-refractivity contribution in [3.05, 3.63) is 50.6 Å². The Morgan fingerprint density at radius 1 is 1.32 bits per heavy atom. The maximum atomic E-state index is 12.2. The third-order valence-corrected chi connectivity index (χ3v) is 5.55. The molecule has 0 spiro atoms. The van der Waals surface area contributed by atoms with Crippen molar-refractivity contribution in [1.82, 2.24) is 20.2 Å². The van der Waals surface area contributed by atoms with Crippen molar-refractivity contribution in [3.8, 4) is 5.69 Å². The molecule has 0 saturated carbocycles. The summed E-state index contributed by atoms with van der Waals surface area (Å²) in [6.45, 7) is 2.00. The van der Waals surface area contributed by atoms with Gasteiger partial charge in [-0.1, -0.05) is 30.0 Å². The van der Waals surface area contributed by atoms with Gasteiger partial charge in [0.25, 0.3) is 0 Å². The van der Waals surface area contributed by atoms with Crippen LogP contribution >= 0.6 is 39.0 Å². The summed E-state index contributed by atoms with van der Waals surface area (Å²) in [5, 5.41) is 12.4. The summed E-state index contributed by atoms with van der Waals surface area (Å²) < 4.78 is 2.61. The fraction of sp³-hybridized carbons (Fsp3) is 0.143. The van der Waals surface area contributed by atoms with E-state index < -0.39 is 0 Å².